The molecule has 0 saturated carbocycles. The highest BCUT2D eigenvalue weighted by Gasteiger charge is 2.27. The lowest BCUT2D eigenvalue weighted by atomic mass is 10.2. The van der Waals surface area contributed by atoms with Gasteiger partial charge in [-0.25, -0.2) is 8.78 Å². The van der Waals surface area contributed by atoms with Crippen molar-refractivity contribution in [2.75, 3.05) is 26.2 Å². The molecule has 1 aliphatic rings. The van der Waals surface area contributed by atoms with E-state index in [1.165, 1.54) is 25.3 Å². The third kappa shape index (κ3) is 3.26. The monoisotopic (exact) mass is 387 g/mol. The summed E-state index contributed by atoms with van der Waals surface area (Å²) < 4.78 is 34.5. The van der Waals surface area contributed by atoms with Gasteiger partial charge in [0.1, 0.15) is 17.3 Å². The number of benzene rings is 1. The molecule has 8 heteroatoms. The predicted molar refractivity (Wildman–Crippen MR) is 97.8 cm³/mol. The molecule has 2 amide bonds. The molecule has 0 radical (unpaired) electrons. The second kappa shape index (κ2) is 7.10. The highest BCUT2D eigenvalue weighted by atomic mass is 19.1. The Labute approximate surface area is 159 Å². The van der Waals surface area contributed by atoms with Crippen LogP contribution < -0.4 is 0 Å². The summed E-state index contributed by atoms with van der Waals surface area (Å²) >= 11 is 0. The molecule has 146 valence electrons. The van der Waals surface area contributed by atoms with Crippen molar-refractivity contribution < 1.29 is 22.8 Å². The predicted octanol–water partition coefficient (Wildman–Crippen LogP) is 2.87. The van der Waals surface area contributed by atoms with Gasteiger partial charge in [-0.1, -0.05) is 6.07 Å². The van der Waals surface area contributed by atoms with Crippen LogP contribution in [0.2, 0.25) is 0 Å². The van der Waals surface area contributed by atoms with Crippen molar-refractivity contribution in [3.05, 3.63) is 59.5 Å². The molecule has 0 bridgehead atoms. The summed E-state index contributed by atoms with van der Waals surface area (Å²) in [6, 6.07) is 6.74. The van der Waals surface area contributed by atoms with E-state index in [0.717, 1.165) is 6.07 Å². The Balaban J connectivity index is 1.64. The average Bonchev–Trinajstić information content (AvgIpc) is 3.26. The van der Waals surface area contributed by atoms with Crippen LogP contribution in [0.4, 0.5) is 8.78 Å². The summed E-state index contributed by atoms with van der Waals surface area (Å²) in [6.07, 6.45) is 1.50. The van der Waals surface area contributed by atoms with Crippen molar-refractivity contribution in [2.24, 2.45) is 0 Å². The number of furan rings is 1. The minimum Gasteiger partial charge on any atom is -0.463 e. The van der Waals surface area contributed by atoms with Gasteiger partial charge >= 0.3 is 0 Å². The van der Waals surface area contributed by atoms with Crippen LogP contribution in [0.5, 0.6) is 0 Å². The fourth-order valence-corrected chi connectivity index (χ4v) is 3.53. The van der Waals surface area contributed by atoms with Gasteiger partial charge in [-0.3, -0.25) is 9.59 Å². The standard InChI is InChI=1S/C20H19F2N3O3/c1-13(26)23-5-7-24(8-6-23)20(27)18-11-19-17(4-9-28-19)25(18)12-14-2-3-15(21)10-16(14)22/h2-4,9-11H,5-8,12H2,1H3. The highest BCUT2D eigenvalue weighted by Crippen LogP contribution is 2.25. The minimum absolute atomic E-state index is 0.0141. The fraction of sp³-hybridized carbons (Fsp3) is 0.300. The summed E-state index contributed by atoms with van der Waals surface area (Å²) in [5.41, 5.74) is 1.83. The molecule has 0 unspecified atom stereocenters. The molecular formula is C20H19F2N3O3. The van der Waals surface area contributed by atoms with Gasteiger partial charge in [-0.15, -0.1) is 0 Å². The molecule has 0 spiro atoms. The van der Waals surface area contributed by atoms with Crippen LogP contribution in [0, 0.1) is 11.6 Å². The zero-order valence-electron chi connectivity index (χ0n) is 15.3. The van der Waals surface area contributed by atoms with E-state index in [2.05, 4.69) is 0 Å². The Morgan fingerprint density at radius 1 is 1.04 bits per heavy atom. The first-order chi connectivity index (χ1) is 13.4. The first-order valence-electron chi connectivity index (χ1n) is 8.99. The summed E-state index contributed by atoms with van der Waals surface area (Å²) in [5.74, 6) is -1.54. The summed E-state index contributed by atoms with van der Waals surface area (Å²) in [5, 5.41) is 0. The molecule has 4 rings (SSSR count). The minimum atomic E-state index is -0.668. The van der Waals surface area contributed by atoms with Crippen molar-refractivity contribution in [1.29, 1.82) is 0 Å². The number of halogens is 2. The number of piperazine rings is 1. The van der Waals surface area contributed by atoms with Gasteiger partial charge in [0.05, 0.1) is 18.3 Å². The summed E-state index contributed by atoms with van der Waals surface area (Å²) in [4.78, 5) is 28.0. The Morgan fingerprint density at radius 3 is 2.43 bits per heavy atom. The Kier molecular flexibility index (Phi) is 4.62. The number of fused-ring (bicyclic) bond motifs is 1. The van der Waals surface area contributed by atoms with Crippen molar-refractivity contribution in [3.8, 4) is 0 Å². The van der Waals surface area contributed by atoms with Gasteiger partial charge in [0, 0.05) is 56.9 Å². The molecule has 0 atom stereocenters. The van der Waals surface area contributed by atoms with Gasteiger partial charge in [0.25, 0.3) is 5.91 Å². The van der Waals surface area contributed by atoms with Crippen molar-refractivity contribution >= 4 is 22.9 Å². The quantitative estimate of drug-likeness (QED) is 0.694. The maximum Gasteiger partial charge on any atom is 0.270 e. The molecule has 0 aliphatic carbocycles. The van der Waals surface area contributed by atoms with Gasteiger partial charge in [-0.05, 0) is 6.07 Å². The number of carbonyl (C=O) groups excluding carboxylic acids is 2. The highest BCUT2D eigenvalue weighted by molar-refractivity contribution is 5.97. The Bertz CT molecular complexity index is 1050. The molecule has 1 fully saturated rings. The van der Waals surface area contributed by atoms with Gasteiger partial charge < -0.3 is 18.8 Å². The van der Waals surface area contributed by atoms with Crippen LogP contribution in [0.25, 0.3) is 11.1 Å². The number of hydrogen-bond acceptors (Lipinski definition) is 3. The number of carbonyl (C=O) groups is 2. The van der Waals surface area contributed by atoms with E-state index in [1.807, 2.05) is 0 Å². The Hall–Kier alpha value is -3.16. The number of nitrogens with zero attached hydrogens (tertiary/aromatic N) is 3. The third-order valence-corrected chi connectivity index (χ3v) is 5.10. The van der Waals surface area contributed by atoms with Crippen LogP contribution in [0.15, 0.2) is 41.0 Å². The van der Waals surface area contributed by atoms with Crippen molar-refractivity contribution in [2.45, 2.75) is 13.5 Å². The molecule has 3 aromatic rings. The maximum atomic E-state index is 14.2. The Morgan fingerprint density at radius 2 is 1.75 bits per heavy atom. The van der Waals surface area contributed by atoms with E-state index in [9.17, 15) is 18.4 Å². The number of hydrogen-bond donors (Lipinski definition) is 0. The fourth-order valence-electron chi connectivity index (χ4n) is 3.53. The smallest absolute Gasteiger partial charge is 0.270 e. The zero-order chi connectivity index (χ0) is 19.8. The van der Waals surface area contributed by atoms with Gasteiger partial charge in [0.15, 0.2) is 5.58 Å². The lowest BCUT2D eigenvalue weighted by Gasteiger charge is -2.34. The first kappa shape index (κ1) is 18.2. The lowest BCUT2D eigenvalue weighted by molar-refractivity contribution is -0.130. The zero-order valence-corrected chi connectivity index (χ0v) is 15.3. The summed E-state index contributed by atoms with van der Waals surface area (Å²) in [6.45, 7) is 3.39. The van der Waals surface area contributed by atoms with Crippen LogP contribution in [0.1, 0.15) is 23.0 Å². The second-order valence-corrected chi connectivity index (χ2v) is 6.82. The molecule has 2 aromatic heterocycles. The molecule has 3 heterocycles. The van der Waals surface area contributed by atoms with Gasteiger partial charge in [0.2, 0.25) is 5.91 Å². The molecular weight excluding hydrogens is 368 g/mol. The normalized spacial score (nSPS) is 14.7. The molecule has 28 heavy (non-hydrogen) atoms. The van der Waals surface area contributed by atoms with E-state index >= 15 is 0 Å². The number of amides is 2. The van der Waals surface area contributed by atoms with Crippen LogP contribution in [-0.2, 0) is 11.3 Å². The van der Waals surface area contributed by atoms with Crippen LogP contribution >= 0.6 is 0 Å². The molecule has 1 aromatic carbocycles. The molecule has 1 aliphatic heterocycles. The van der Waals surface area contributed by atoms with Gasteiger partial charge in [-0.2, -0.15) is 0 Å². The second-order valence-electron chi connectivity index (χ2n) is 6.82. The van der Waals surface area contributed by atoms with E-state index < -0.39 is 11.6 Å². The van der Waals surface area contributed by atoms with E-state index in [0.29, 0.717) is 43.0 Å². The average molecular weight is 387 g/mol. The van der Waals surface area contributed by atoms with Crippen molar-refractivity contribution in [1.82, 2.24) is 14.4 Å². The van der Waals surface area contributed by atoms with Crippen LogP contribution in [-0.4, -0.2) is 52.4 Å². The van der Waals surface area contributed by atoms with E-state index in [-0.39, 0.29) is 23.9 Å². The largest absolute Gasteiger partial charge is 0.463 e. The van der Waals surface area contributed by atoms with E-state index in [1.54, 1.807) is 26.5 Å². The third-order valence-electron chi connectivity index (χ3n) is 5.10. The molecule has 0 N–H and O–H groups in total. The van der Waals surface area contributed by atoms with Crippen molar-refractivity contribution in [3.63, 3.8) is 0 Å². The number of aromatic nitrogens is 1. The molecule has 6 nitrogen and oxygen atoms in total. The number of rotatable bonds is 3. The SMILES string of the molecule is CC(=O)N1CCN(C(=O)c2cc3occc3n2Cc2ccc(F)cc2F)CC1. The van der Waals surface area contributed by atoms with E-state index in [4.69, 9.17) is 4.42 Å². The summed E-state index contributed by atoms with van der Waals surface area (Å²) in [7, 11) is 0. The molecule has 1 saturated heterocycles. The maximum absolute atomic E-state index is 14.2. The first-order valence-corrected chi connectivity index (χ1v) is 8.99. The lowest BCUT2D eigenvalue weighted by Crippen LogP contribution is -2.50. The van der Waals surface area contributed by atoms with Crippen LogP contribution in [0.3, 0.4) is 0 Å². The topological polar surface area (TPSA) is 58.7 Å².